The van der Waals surface area contributed by atoms with Crippen molar-refractivity contribution in [3.05, 3.63) is 69.9 Å². The fraction of sp³-hybridized carbons (Fsp3) is 0.176. The van der Waals surface area contributed by atoms with E-state index in [9.17, 15) is 9.18 Å². The van der Waals surface area contributed by atoms with Gasteiger partial charge in [0.1, 0.15) is 11.7 Å². The quantitative estimate of drug-likeness (QED) is 0.704. The molecule has 0 spiro atoms. The van der Waals surface area contributed by atoms with E-state index in [1.54, 1.807) is 12.1 Å². The Bertz CT molecular complexity index is 746. The number of nitrogens with zero attached hydrogens (tertiary/aromatic N) is 2. The average Bonchev–Trinajstić information content (AvgIpc) is 3.00. The van der Waals surface area contributed by atoms with E-state index < -0.39 is 0 Å². The molecule has 6 heteroatoms. The zero-order valence-corrected chi connectivity index (χ0v) is 14.4. The van der Waals surface area contributed by atoms with Crippen LogP contribution in [0.5, 0.6) is 0 Å². The van der Waals surface area contributed by atoms with Crippen LogP contribution in [0.4, 0.5) is 4.39 Å². The molecule has 0 aromatic heterocycles. The molecule has 0 radical (unpaired) electrons. The number of halogens is 3. The van der Waals surface area contributed by atoms with Crippen LogP contribution in [0.3, 0.4) is 0 Å². The second-order valence-corrected chi connectivity index (χ2v) is 6.38. The van der Waals surface area contributed by atoms with Gasteiger partial charge in [-0.3, -0.25) is 4.79 Å². The first kappa shape index (κ1) is 16.1. The summed E-state index contributed by atoms with van der Waals surface area (Å²) in [7, 11) is 0. The summed E-state index contributed by atoms with van der Waals surface area (Å²) in [5, 5.41) is 5.85. The molecule has 0 aliphatic carbocycles. The number of amides is 1. The number of alkyl halides is 1. The van der Waals surface area contributed by atoms with Crippen molar-refractivity contribution >= 4 is 39.1 Å². The average molecular weight is 396 g/mol. The zero-order chi connectivity index (χ0) is 16.4. The van der Waals surface area contributed by atoms with E-state index in [0.717, 1.165) is 21.3 Å². The van der Waals surface area contributed by atoms with Crippen molar-refractivity contribution in [1.29, 1.82) is 0 Å². The maximum atomic E-state index is 13.1. The van der Waals surface area contributed by atoms with Gasteiger partial charge in [-0.25, -0.2) is 9.40 Å². The molecule has 0 fully saturated rings. The molecule has 0 saturated heterocycles. The van der Waals surface area contributed by atoms with Gasteiger partial charge in [-0.1, -0.05) is 40.2 Å². The molecule has 1 amide bonds. The molecule has 0 saturated carbocycles. The number of hydrogen-bond acceptors (Lipinski definition) is 2. The molecule has 1 aliphatic rings. The van der Waals surface area contributed by atoms with Gasteiger partial charge in [0.05, 0.1) is 11.8 Å². The first-order valence-corrected chi connectivity index (χ1v) is 8.38. The van der Waals surface area contributed by atoms with Crippen molar-refractivity contribution in [3.8, 4) is 0 Å². The Morgan fingerprint density at radius 3 is 2.48 bits per heavy atom. The molecule has 1 atom stereocenters. The van der Waals surface area contributed by atoms with Gasteiger partial charge in [-0.2, -0.15) is 5.10 Å². The Hall–Kier alpha value is -1.72. The lowest BCUT2D eigenvalue weighted by Gasteiger charge is -2.21. The van der Waals surface area contributed by atoms with Gasteiger partial charge < -0.3 is 0 Å². The standard InChI is InChI=1S/C17H13BrClFN2O/c18-13-5-1-11(2-6-13)15-9-16(22(21-15)17(23)10-19)12-3-7-14(20)8-4-12/h1-8,16H,9-10H2. The summed E-state index contributed by atoms with van der Waals surface area (Å²) in [4.78, 5) is 12.1. The number of rotatable bonds is 3. The molecule has 1 aliphatic heterocycles. The summed E-state index contributed by atoms with van der Waals surface area (Å²) >= 11 is 9.10. The highest BCUT2D eigenvalue weighted by Crippen LogP contribution is 2.33. The van der Waals surface area contributed by atoms with Crippen molar-refractivity contribution in [2.75, 3.05) is 5.88 Å². The van der Waals surface area contributed by atoms with Gasteiger partial charge in [0.25, 0.3) is 5.91 Å². The SMILES string of the molecule is O=C(CCl)N1N=C(c2ccc(Br)cc2)CC1c1ccc(F)cc1. The van der Waals surface area contributed by atoms with Crippen LogP contribution in [0.1, 0.15) is 23.6 Å². The Morgan fingerprint density at radius 2 is 1.87 bits per heavy atom. The van der Waals surface area contributed by atoms with Crippen LogP contribution in [0.25, 0.3) is 0 Å². The topological polar surface area (TPSA) is 32.7 Å². The van der Waals surface area contributed by atoms with Gasteiger partial charge in [-0.15, -0.1) is 11.6 Å². The summed E-state index contributed by atoms with van der Waals surface area (Å²) in [5.41, 5.74) is 2.59. The predicted molar refractivity (Wildman–Crippen MR) is 92.0 cm³/mol. The lowest BCUT2D eigenvalue weighted by atomic mass is 9.98. The van der Waals surface area contributed by atoms with Crippen LogP contribution in [0.2, 0.25) is 0 Å². The first-order valence-electron chi connectivity index (χ1n) is 7.05. The van der Waals surface area contributed by atoms with Crippen LogP contribution in [0, 0.1) is 5.82 Å². The highest BCUT2D eigenvalue weighted by atomic mass is 79.9. The summed E-state index contributed by atoms with van der Waals surface area (Å²) in [6.07, 6.45) is 0.565. The van der Waals surface area contributed by atoms with Gasteiger partial charge in [0, 0.05) is 10.9 Å². The van der Waals surface area contributed by atoms with E-state index in [-0.39, 0.29) is 23.6 Å². The molecule has 118 valence electrons. The van der Waals surface area contributed by atoms with E-state index >= 15 is 0 Å². The van der Waals surface area contributed by atoms with Crippen molar-refractivity contribution in [1.82, 2.24) is 5.01 Å². The molecular weight excluding hydrogens is 383 g/mol. The zero-order valence-electron chi connectivity index (χ0n) is 12.0. The Labute approximate surface area is 146 Å². The Balaban J connectivity index is 1.93. The summed E-state index contributed by atoms with van der Waals surface area (Å²) < 4.78 is 14.1. The van der Waals surface area contributed by atoms with E-state index in [0.29, 0.717) is 6.42 Å². The fourth-order valence-corrected chi connectivity index (χ4v) is 2.95. The van der Waals surface area contributed by atoms with Gasteiger partial charge in [-0.05, 0) is 35.4 Å². The predicted octanol–water partition coefficient (Wildman–Crippen LogP) is 4.50. The fourth-order valence-electron chi connectivity index (χ4n) is 2.56. The van der Waals surface area contributed by atoms with Gasteiger partial charge in [0.15, 0.2) is 0 Å². The molecule has 3 nitrogen and oxygen atoms in total. The third kappa shape index (κ3) is 3.46. The second kappa shape index (κ2) is 6.81. The number of hydrazone groups is 1. The van der Waals surface area contributed by atoms with Crippen molar-refractivity contribution in [2.24, 2.45) is 5.10 Å². The van der Waals surface area contributed by atoms with Crippen LogP contribution in [-0.2, 0) is 4.79 Å². The lowest BCUT2D eigenvalue weighted by molar-refractivity contribution is -0.130. The molecule has 2 aromatic rings. The molecule has 23 heavy (non-hydrogen) atoms. The van der Waals surface area contributed by atoms with Gasteiger partial charge >= 0.3 is 0 Å². The maximum Gasteiger partial charge on any atom is 0.258 e. The van der Waals surface area contributed by atoms with Crippen LogP contribution in [0.15, 0.2) is 58.1 Å². The summed E-state index contributed by atoms with van der Waals surface area (Å²) in [5.74, 6) is -0.724. The minimum absolute atomic E-state index is 0.144. The number of benzene rings is 2. The largest absolute Gasteiger partial charge is 0.272 e. The monoisotopic (exact) mass is 394 g/mol. The minimum atomic E-state index is -0.309. The van der Waals surface area contributed by atoms with Crippen LogP contribution >= 0.6 is 27.5 Å². The van der Waals surface area contributed by atoms with Crippen LogP contribution in [-0.4, -0.2) is 22.5 Å². The highest BCUT2D eigenvalue weighted by Gasteiger charge is 2.32. The van der Waals surface area contributed by atoms with Crippen molar-refractivity contribution < 1.29 is 9.18 Å². The first-order chi connectivity index (χ1) is 11.1. The molecule has 1 unspecified atom stereocenters. The summed E-state index contributed by atoms with van der Waals surface area (Å²) in [6, 6.07) is 13.6. The summed E-state index contributed by atoms with van der Waals surface area (Å²) in [6.45, 7) is 0. The van der Waals surface area contributed by atoms with Crippen LogP contribution < -0.4 is 0 Å². The van der Waals surface area contributed by atoms with E-state index in [2.05, 4.69) is 21.0 Å². The van der Waals surface area contributed by atoms with Crippen molar-refractivity contribution in [3.63, 3.8) is 0 Å². The second-order valence-electron chi connectivity index (χ2n) is 5.20. The smallest absolute Gasteiger partial charge is 0.258 e. The third-order valence-corrected chi connectivity index (χ3v) is 4.47. The number of carbonyl (C=O) groups excluding carboxylic acids is 1. The minimum Gasteiger partial charge on any atom is -0.272 e. The number of hydrogen-bond donors (Lipinski definition) is 0. The third-order valence-electron chi connectivity index (χ3n) is 3.71. The van der Waals surface area contributed by atoms with Gasteiger partial charge in [0.2, 0.25) is 0 Å². The lowest BCUT2D eigenvalue weighted by Crippen LogP contribution is -2.27. The maximum absolute atomic E-state index is 13.1. The molecule has 0 N–H and O–H groups in total. The molecule has 0 bridgehead atoms. The molecule has 3 rings (SSSR count). The van der Waals surface area contributed by atoms with E-state index in [1.807, 2.05) is 24.3 Å². The Morgan fingerprint density at radius 1 is 1.22 bits per heavy atom. The highest BCUT2D eigenvalue weighted by molar-refractivity contribution is 9.10. The molecule has 2 aromatic carbocycles. The molecule has 1 heterocycles. The Kier molecular flexibility index (Phi) is 4.78. The van der Waals surface area contributed by atoms with E-state index in [4.69, 9.17) is 11.6 Å². The normalized spacial score (nSPS) is 17.3. The molecular formula is C17H13BrClFN2O. The number of carbonyl (C=O) groups is 1. The van der Waals surface area contributed by atoms with Crippen molar-refractivity contribution in [2.45, 2.75) is 12.5 Å². The van der Waals surface area contributed by atoms with E-state index in [1.165, 1.54) is 17.1 Å².